The molecule has 0 aromatic heterocycles. The van der Waals surface area contributed by atoms with Crippen LogP contribution in [0.25, 0.3) is 0 Å². The van der Waals surface area contributed by atoms with Crippen molar-refractivity contribution in [1.82, 2.24) is 0 Å². The average Bonchev–Trinajstić information content (AvgIpc) is 2.46. The summed E-state index contributed by atoms with van der Waals surface area (Å²) in [5.41, 5.74) is 0. The van der Waals surface area contributed by atoms with Gasteiger partial charge < -0.3 is 14.2 Å². The van der Waals surface area contributed by atoms with Gasteiger partial charge in [0.25, 0.3) is 0 Å². The minimum Gasteiger partial charge on any atom is -0.486 e. The molecule has 6 nitrogen and oxygen atoms in total. The first kappa shape index (κ1) is 14.6. The van der Waals surface area contributed by atoms with Crippen LogP contribution in [0.5, 0.6) is 11.5 Å². The fourth-order valence-electron chi connectivity index (χ4n) is 1.84. The SMILES string of the molecule is COC(=O)CCCS(=O)(=O)c1ccc2c(c1)OCCO2. The number of hydrogen-bond acceptors (Lipinski definition) is 6. The number of ether oxygens (including phenoxy) is 3. The Morgan fingerprint density at radius 1 is 1.25 bits per heavy atom. The summed E-state index contributed by atoms with van der Waals surface area (Å²) in [5, 5.41) is 0. The molecular weight excluding hydrogens is 284 g/mol. The van der Waals surface area contributed by atoms with Gasteiger partial charge in [0.2, 0.25) is 0 Å². The lowest BCUT2D eigenvalue weighted by atomic mass is 10.3. The van der Waals surface area contributed by atoms with Crippen LogP contribution in [0, 0.1) is 0 Å². The zero-order valence-electron chi connectivity index (χ0n) is 11.1. The second kappa shape index (κ2) is 6.13. The molecule has 0 atom stereocenters. The van der Waals surface area contributed by atoms with E-state index in [9.17, 15) is 13.2 Å². The molecule has 0 amide bonds. The van der Waals surface area contributed by atoms with E-state index in [-0.39, 0.29) is 23.5 Å². The largest absolute Gasteiger partial charge is 0.486 e. The molecular formula is C13H16O6S. The number of carbonyl (C=O) groups is 1. The zero-order valence-corrected chi connectivity index (χ0v) is 11.9. The smallest absolute Gasteiger partial charge is 0.305 e. The molecule has 1 aliphatic heterocycles. The molecule has 2 rings (SSSR count). The van der Waals surface area contributed by atoms with Crippen LogP contribution in [0.1, 0.15) is 12.8 Å². The maximum Gasteiger partial charge on any atom is 0.305 e. The molecule has 1 aromatic carbocycles. The molecule has 0 radical (unpaired) electrons. The molecule has 0 N–H and O–H groups in total. The van der Waals surface area contributed by atoms with Gasteiger partial charge in [-0.1, -0.05) is 0 Å². The molecule has 0 aliphatic carbocycles. The van der Waals surface area contributed by atoms with E-state index in [1.165, 1.54) is 19.2 Å². The molecule has 0 spiro atoms. The molecule has 0 saturated heterocycles. The van der Waals surface area contributed by atoms with Crippen LogP contribution in [-0.2, 0) is 19.4 Å². The van der Waals surface area contributed by atoms with Crippen molar-refractivity contribution in [2.24, 2.45) is 0 Å². The van der Waals surface area contributed by atoms with Gasteiger partial charge in [-0.05, 0) is 18.6 Å². The maximum atomic E-state index is 12.1. The van der Waals surface area contributed by atoms with Crippen molar-refractivity contribution in [2.75, 3.05) is 26.1 Å². The van der Waals surface area contributed by atoms with Crippen molar-refractivity contribution >= 4 is 15.8 Å². The van der Waals surface area contributed by atoms with E-state index in [1.54, 1.807) is 6.07 Å². The van der Waals surface area contributed by atoms with E-state index in [2.05, 4.69) is 4.74 Å². The number of sulfone groups is 1. The molecule has 1 aromatic rings. The fourth-order valence-corrected chi connectivity index (χ4v) is 3.17. The van der Waals surface area contributed by atoms with Crippen molar-refractivity contribution < 1.29 is 27.4 Å². The Labute approximate surface area is 117 Å². The molecule has 0 bridgehead atoms. The monoisotopic (exact) mass is 300 g/mol. The number of benzene rings is 1. The molecule has 1 heterocycles. The highest BCUT2D eigenvalue weighted by Crippen LogP contribution is 2.32. The molecule has 0 fully saturated rings. The Bertz CT molecular complexity index is 593. The third-order valence-corrected chi connectivity index (χ3v) is 4.69. The molecule has 110 valence electrons. The number of hydrogen-bond donors (Lipinski definition) is 0. The van der Waals surface area contributed by atoms with Crippen molar-refractivity contribution in [3.63, 3.8) is 0 Å². The lowest BCUT2D eigenvalue weighted by molar-refractivity contribution is -0.140. The van der Waals surface area contributed by atoms with E-state index < -0.39 is 15.8 Å². The highest BCUT2D eigenvalue weighted by molar-refractivity contribution is 7.91. The number of fused-ring (bicyclic) bond motifs is 1. The second-order valence-electron chi connectivity index (χ2n) is 4.30. The molecule has 20 heavy (non-hydrogen) atoms. The Kier molecular flexibility index (Phi) is 4.49. The third-order valence-electron chi connectivity index (χ3n) is 2.89. The number of methoxy groups -OCH3 is 1. The number of rotatable bonds is 5. The van der Waals surface area contributed by atoms with Gasteiger partial charge in [-0.25, -0.2) is 8.42 Å². The van der Waals surface area contributed by atoms with Gasteiger partial charge in [-0.3, -0.25) is 4.79 Å². The number of esters is 1. The standard InChI is InChI=1S/C13H16O6S/c1-17-13(14)3-2-8-20(15,16)10-4-5-11-12(9-10)19-7-6-18-11/h4-5,9H,2-3,6-8H2,1H3. The van der Waals surface area contributed by atoms with E-state index in [0.29, 0.717) is 24.7 Å². The van der Waals surface area contributed by atoms with Crippen LogP contribution in [0.2, 0.25) is 0 Å². The predicted octanol–water partition coefficient (Wildman–Crippen LogP) is 1.18. The Hall–Kier alpha value is -1.76. The Morgan fingerprint density at radius 3 is 2.65 bits per heavy atom. The lowest BCUT2D eigenvalue weighted by Gasteiger charge is -2.18. The van der Waals surface area contributed by atoms with Crippen molar-refractivity contribution in [1.29, 1.82) is 0 Å². The van der Waals surface area contributed by atoms with Gasteiger partial charge in [0.05, 0.1) is 17.8 Å². The van der Waals surface area contributed by atoms with E-state index in [1.807, 2.05) is 0 Å². The number of carbonyl (C=O) groups excluding carboxylic acids is 1. The molecule has 0 unspecified atom stereocenters. The maximum absolute atomic E-state index is 12.1. The van der Waals surface area contributed by atoms with E-state index >= 15 is 0 Å². The Morgan fingerprint density at radius 2 is 1.95 bits per heavy atom. The van der Waals surface area contributed by atoms with Crippen LogP contribution in [0.3, 0.4) is 0 Å². The van der Waals surface area contributed by atoms with Crippen molar-refractivity contribution in [3.05, 3.63) is 18.2 Å². The summed E-state index contributed by atoms with van der Waals surface area (Å²) in [7, 11) is -2.17. The first-order chi connectivity index (χ1) is 9.53. The van der Waals surface area contributed by atoms with Crippen molar-refractivity contribution in [3.8, 4) is 11.5 Å². The van der Waals surface area contributed by atoms with Gasteiger partial charge in [0, 0.05) is 12.5 Å². The summed E-state index contributed by atoms with van der Waals surface area (Å²) in [4.78, 5) is 11.1. The van der Waals surface area contributed by atoms with Gasteiger partial charge in [0.1, 0.15) is 13.2 Å². The first-order valence-corrected chi connectivity index (χ1v) is 7.87. The van der Waals surface area contributed by atoms with Gasteiger partial charge in [-0.2, -0.15) is 0 Å². The highest BCUT2D eigenvalue weighted by atomic mass is 32.2. The predicted molar refractivity (Wildman–Crippen MR) is 70.7 cm³/mol. The second-order valence-corrected chi connectivity index (χ2v) is 6.41. The van der Waals surface area contributed by atoms with Gasteiger partial charge >= 0.3 is 5.97 Å². The normalized spacial score (nSPS) is 13.8. The molecule has 7 heteroatoms. The Balaban J connectivity index is 2.07. The van der Waals surface area contributed by atoms with Crippen LogP contribution >= 0.6 is 0 Å². The first-order valence-electron chi connectivity index (χ1n) is 6.22. The summed E-state index contributed by atoms with van der Waals surface area (Å²) in [6, 6.07) is 4.53. The summed E-state index contributed by atoms with van der Waals surface area (Å²) in [6.07, 6.45) is 0.309. The minimum absolute atomic E-state index is 0.0836. The fraction of sp³-hybridized carbons (Fsp3) is 0.462. The van der Waals surface area contributed by atoms with Gasteiger partial charge in [-0.15, -0.1) is 0 Å². The summed E-state index contributed by atoms with van der Waals surface area (Å²) >= 11 is 0. The molecule has 1 aliphatic rings. The van der Waals surface area contributed by atoms with E-state index in [4.69, 9.17) is 9.47 Å². The highest BCUT2D eigenvalue weighted by Gasteiger charge is 2.19. The minimum atomic E-state index is -3.44. The quantitative estimate of drug-likeness (QED) is 0.760. The van der Waals surface area contributed by atoms with Crippen molar-refractivity contribution in [2.45, 2.75) is 17.7 Å². The summed E-state index contributed by atoms with van der Waals surface area (Å²) < 4.78 is 39.4. The van der Waals surface area contributed by atoms with Crippen LogP contribution < -0.4 is 9.47 Å². The van der Waals surface area contributed by atoms with Crippen LogP contribution in [-0.4, -0.2) is 40.5 Å². The van der Waals surface area contributed by atoms with Crippen LogP contribution in [0.4, 0.5) is 0 Å². The van der Waals surface area contributed by atoms with E-state index in [0.717, 1.165) is 0 Å². The topological polar surface area (TPSA) is 78.9 Å². The zero-order chi connectivity index (χ0) is 14.6. The van der Waals surface area contributed by atoms with Crippen LogP contribution in [0.15, 0.2) is 23.1 Å². The third kappa shape index (κ3) is 3.41. The summed E-state index contributed by atoms with van der Waals surface area (Å²) in [6.45, 7) is 0.858. The molecule has 0 saturated carbocycles. The van der Waals surface area contributed by atoms with Gasteiger partial charge in [0.15, 0.2) is 21.3 Å². The average molecular weight is 300 g/mol. The summed E-state index contributed by atoms with van der Waals surface area (Å²) in [5.74, 6) is 0.458. The lowest BCUT2D eigenvalue weighted by Crippen LogP contribution is -2.16.